The van der Waals surface area contributed by atoms with E-state index >= 15 is 0 Å². The van der Waals surface area contributed by atoms with Crippen LogP contribution >= 0.6 is 0 Å². The number of halogens is 2. The molecule has 1 aliphatic rings. The zero-order valence-electron chi connectivity index (χ0n) is 10.5. The van der Waals surface area contributed by atoms with Crippen LogP contribution in [0.5, 0.6) is 0 Å². The van der Waals surface area contributed by atoms with Crippen molar-refractivity contribution in [3.05, 3.63) is 29.8 Å². The lowest BCUT2D eigenvalue weighted by Crippen LogP contribution is -2.49. The van der Waals surface area contributed by atoms with Gasteiger partial charge in [0.25, 0.3) is 0 Å². The number of benzene rings is 1. The van der Waals surface area contributed by atoms with Gasteiger partial charge in [0.15, 0.2) is 4.90 Å². The van der Waals surface area contributed by atoms with Gasteiger partial charge in [-0.25, -0.2) is 17.2 Å². The smallest absolute Gasteiger partial charge is 0.248 e. The topological polar surface area (TPSA) is 63.4 Å². The van der Waals surface area contributed by atoms with Crippen LogP contribution in [0.2, 0.25) is 0 Å². The maximum Gasteiger partial charge on any atom is 0.248 e. The molecule has 1 aromatic carbocycles. The van der Waals surface area contributed by atoms with E-state index in [1.807, 2.05) is 6.92 Å². The van der Waals surface area contributed by atoms with Crippen molar-refractivity contribution in [1.29, 1.82) is 0 Å². The summed E-state index contributed by atoms with van der Waals surface area (Å²) >= 11 is 0. The van der Waals surface area contributed by atoms with Crippen molar-refractivity contribution in [1.82, 2.24) is 4.31 Å². The number of hydrogen-bond acceptors (Lipinski definition) is 3. The third kappa shape index (κ3) is 2.63. The highest BCUT2D eigenvalue weighted by Gasteiger charge is 2.35. The lowest BCUT2D eigenvalue weighted by Gasteiger charge is -2.34. The second-order valence-electron chi connectivity index (χ2n) is 4.84. The molecular formula is C12H16F2N2O2S. The molecule has 0 radical (unpaired) electrons. The molecule has 0 saturated carbocycles. The molecule has 0 spiro atoms. The highest BCUT2D eigenvalue weighted by atomic mass is 32.2. The van der Waals surface area contributed by atoms with Crippen LogP contribution in [0.25, 0.3) is 0 Å². The number of sulfonamides is 1. The van der Waals surface area contributed by atoms with E-state index in [2.05, 4.69) is 0 Å². The van der Waals surface area contributed by atoms with E-state index in [0.717, 1.165) is 22.5 Å². The largest absolute Gasteiger partial charge is 0.326 e. The molecule has 1 aliphatic heterocycles. The minimum absolute atomic E-state index is 0.0806. The zero-order valence-corrected chi connectivity index (χ0v) is 11.3. The number of piperidine rings is 1. The summed E-state index contributed by atoms with van der Waals surface area (Å²) in [5, 5.41) is 0. The van der Waals surface area contributed by atoms with E-state index in [1.165, 1.54) is 0 Å². The molecule has 2 rings (SSSR count). The summed E-state index contributed by atoms with van der Waals surface area (Å²) in [5.41, 5.74) is 5.83. The monoisotopic (exact) mass is 290 g/mol. The van der Waals surface area contributed by atoms with Gasteiger partial charge in [-0.3, -0.25) is 0 Å². The first-order valence-electron chi connectivity index (χ1n) is 6.03. The summed E-state index contributed by atoms with van der Waals surface area (Å²) in [5.74, 6) is -1.96. The SMILES string of the molecule is CC1CCN(S(=O)(=O)c2c(F)cccc2F)CC1N. The molecule has 2 unspecified atom stereocenters. The molecule has 7 heteroatoms. The normalized spacial score (nSPS) is 25.5. The fraction of sp³-hybridized carbons (Fsp3) is 0.500. The van der Waals surface area contributed by atoms with Gasteiger partial charge < -0.3 is 5.73 Å². The van der Waals surface area contributed by atoms with Crippen molar-refractivity contribution in [2.75, 3.05) is 13.1 Å². The Morgan fingerprint density at radius 3 is 2.42 bits per heavy atom. The molecule has 0 aliphatic carbocycles. The fourth-order valence-corrected chi connectivity index (χ4v) is 3.75. The summed E-state index contributed by atoms with van der Waals surface area (Å²) in [7, 11) is -4.18. The molecule has 106 valence electrons. The Bertz CT molecular complexity index is 557. The molecule has 0 bridgehead atoms. The van der Waals surface area contributed by atoms with E-state index in [9.17, 15) is 17.2 Å². The Kier molecular flexibility index (Phi) is 3.89. The molecule has 0 aromatic heterocycles. The predicted molar refractivity (Wildman–Crippen MR) is 66.9 cm³/mol. The van der Waals surface area contributed by atoms with Crippen LogP contribution in [-0.2, 0) is 10.0 Å². The predicted octanol–water partition coefficient (Wildman–Crippen LogP) is 1.32. The Morgan fingerprint density at radius 2 is 1.89 bits per heavy atom. The van der Waals surface area contributed by atoms with Crippen LogP contribution in [0.15, 0.2) is 23.1 Å². The van der Waals surface area contributed by atoms with Crippen LogP contribution in [-0.4, -0.2) is 31.9 Å². The maximum absolute atomic E-state index is 13.6. The molecule has 4 nitrogen and oxygen atoms in total. The molecule has 2 N–H and O–H groups in total. The molecule has 2 atom stereocenters. The molecule has 0 amide bonds. The van der Waals surface area contributed by atoms with Gasteiger partial charge in [-0.15, -0.1) is 0 Å². The van der Waals surface area contributed by atoms with E-state index in [4.69, 9.17) is 5.73 Å². The lowest BCUT2D eigenvalue weighted by atomic mass is 9.96. The molecule has 19 heavy (non-hydrogen) atoms. The van der Waals surface area contributed by atoms with E-state index < -0.39 is 26.6 Å². The van der Waals surface area contributed by atoms with Crippen molar-refractivity contribution in [3.8, 4) is 0 Å². The minimum Gasteiger partial charge on any atom is -0.326 e. The summed E-state index contributed by atoms with van der Waals surface area (Å²) < 4.78 is 52.8. The molecule has 1 saturated heterocycles. The zero-order chi connectivity index (χ0) is 14.2. The van der Waals surface area contributed by atoms with Crippen molar-refractivity contribution >= 4 is 10.0 Å². The van der Waals surface area contributed by atoms with Crippen LogP contribution in [0.3, 0.4) is 0 Å². The quantitative estimate of drug-likeness (QED) is 0.893. The third-order valence-corrected chi connectivity index (χ3v) is 5.41. The van der Waals surface area contributed by atoms with E-state index in [1.54, 1.807) is 0 Å². The highest BCUT2D eigenvalue weighted by molar-refractivity contribution is 7.89. The van der Waals surface area contributed by atoms with Gasteiger partial charge in [-0.05, 0) is 24.5 Å². The summed E-state index contributed by atoms with van der Waals surface area (Å²) in [6.07, 6.45) is 0.580. The third-order valence-electron chi connectivity index (χ3n) is 3.50. The summed E-state index contributed by atoms with van der Waals surface area (Å²) in [4.78, 5) is -0.892. The maximum atomic E-state index is 13.6. The molecular weight excluding hydrogens is 274 g/mol. The second-order valence-corrected chi connectivity index (χ2v) is 6.72. The molecule has 1 fully saturated rings. The van der Waals surface area contributed by atoms with E-state index in [-0.39, 0.29) is 25.0 Å². The van der Waals surface area contributed by atoms with Crippen LogP contribution in [0.4, 0.5) is 8.78 Å². The van der Waals surface area contributed by atoms with Crippen LogP contribution in [0, 0.1) is 17.6 Å². The Labute approximate surface area is 111 Å². The Balaban J connectivity index is 2.38. The van der Waals surface area contributed by atoms with Crippen molar-refractivity contribution in [3.63, 3.8) is 0 Å². The minimum atomic E-state index is -4.18. The van der Waals surface area contributed by atoms with Gasteiger partial charge in [-0.1, -0.05) is 13.0 Å². The van der Waals surface area contributed by atoms with Gasteiger partial charge in [0.2, 0.25) is 10.0 Å². The Morgan fingerprint density at radius 1 is 1.32 bits per heavy atom. The first kappa shape index (κ1) is 14.4. The highest BCUT2D eigenvalue weighted by Crippen LogP contribution is 2.26. The van der Waals surface area contributed by atoms with Gasteiger partial charge in [-0.2, -0.15) is 4.31 Å². The average molecular weight is 290 g/mol. The van der Waals surface area contributed by atoms with Crippen molar-refractivity contribution < 1.29 is 17.2 Å². The fourth-order valence-electron chi connectivity index (χ4n) is 2.14. The van der Waals surface area contributed by atoms with Crippen molar-refractivity contribution in [2.45, 2.75) is 24.3 Å². The van der Waals surface area contributed by atoms with Gasteiger partial charge in [0.1, 0.15) is 11.6 Å². The van der Waals surface area contributed by atoms with Crippen LogP contribution < -0.4 is 5.73 Å². The number of nitrogens with two attached hydrogens (primary N) is 1. The first-order chi connectivity index (χ1) is 8.84. The van der Waals surface area contributed by atoms with Gasteiger partial charge in [0.05, 0.1) is 0 Å². The molecule has 1 aromatic rings. The first-order valence-corrected chi connectivity index (χ1v) is 7.48. The van der Waals surface area contributed by atoms with Gasteiger partial charge >= 0.3 is 0 Å². The standard InChI is InChI=1S/C12H16F2N2O2S/c1-8-5-6-16(7-11(8)15)19(17,18)12-9(13)3-2-4-10(12)14/h2-4,8,11H,5-7,15H2,1H3. The number of rotatable bonds is 2. The van der Waals surface area contributed by atoms with Crippen molar-refractivity contribution in [2.24, 2.45) is 11.7 Å². The number of nitrogens with zero attached hydrogens (tertiary/aromatic N) is 1. The summed E-state index contributed by atoms with van der Waals surface area (Å²) in [6, 6.07) is 2.68. The average Bonchev–Trinajstić information content (AvgIpc) is 2.32. The summed E-state index contributed by atoms with van der Waals surface area (Å²) in [6.45, 7) is 2.24. The number of hydrogen-bond donors (Lipinski definition) is 1. The second kappa shape index (κ2) is 5.15. The Hall–Kier alpha value is -1.05. The van der Waals surface area contributed by atoms with E-state index in [0.29, 0.717) is 6.42 Å². The van der Waals surface area contributed by atoms with Gasteiger partial charge in [0, 0.05) is 19.1 Å². The lowest BCUT2D eigenvalue weighted by molar-refractivity contribution is 0.251. The molecule has 1 heterocycles. The van der Waals surface area contributed by atoms with Crippen LogP contribution in [0.1, 0.15) is 13.3 Å².